The lowest BCUT2D eigenvalue weighted by Crippen LogP contribution is -2.34. The Hall–Kier alpha value is -1.77. The summed E-state index contributed by atoms with van der Waals surface area (Å²) in [5, 5.41) is 9.33. The summed E-state index contributed by atoms with van der Waals surface area (Å²) in [6.45, 7) is 0.601. The number of anilines is 1. The van der Waals surface area contributed by atoms with Crippen LogP contribution in [0, 0.1) is 0 Å². The van der Waals surface area contributed by atoms with Crippen molar-refractivity contribution in [1.82, 2.24) is 0 Å². The monoisotopic (exact) mass is 243 g/mol. The quantitative estimate of drug-likeness (QED) is 0.812. The first-order chi connectivity index (χ1) is 8.77. The molecule has 94 valence electrons. The molecule has 1 aliphatic carbocycles. The third kappa shape index (κ3) is 1.80. The van der Waals surface area contributed by atoms with Crippen molar-refractivity contribution in [1.29, 1.82) is 0 Å². The molecule has 0 amide bonds. The molecule has 0 saturated carbocycles. The molecule has 0 spiro atoms. The van der Waals surface area contributed by atoms with Crippen molar-refractivity contribution in [2.45, 2.75) is 31.2 Å². The highest BCUT2D eigenvalue weighted by Crippen LogP contribution is 2.39. The number of nitrogens with zero attached hydrogens (tertiary/aromatic N) is 1. The Morgan fingerprint density at radius 1 is 1.33 bits per heavy atom. The Morgan fingerprint density at radius 2 is 2.17 bits per heavy atom. The Labute approximate surface area is 107 Å². The van der Waals surface area contributed by atoms with Crippen LogP contribution in [0.5, 0.6) is 0 Å². The van der Waals surface area contributed by atoms with E-state index in [0.717, 1.165) is 24.1 Å². The van der Waals surface area contributed by atoms with Crippen molar-refractivity contribution >= 4 is 11.7 Å². The fraction of sp³-hybridized carbons (Fsp3) is 0.400. The van der Waals surface area contributed by atoms with Gasteiger partial charge in [0.2, 0.25) is 0 Å². The van der Waals surface area contributed by atoms with Gasteiger partial charge in [0.15, 0.2) is 0 Å². The minimum atomic E-state index is -0.718. The van der Waals surface area contributed by atoms with Crippen LogP contribution in [0.4, 0.5) is 5.69 Å². The summed E-state index contributed by atoms with van der Waals surface area (Å²) in [7, 11) is 0. The molecule has 0 fully saturated rings. The lowest BCUT2D eigenvalue weighted by atomic mass is 10.0. The van der Waals surface area contributed by atoms with Crippen LogP contribution >= 0.6 is 0 Å². The van der Waals surface area contributed by atoms with E-state index >= 15 is 0 Å². The van der Waals surface area contributed by atoms with Crippen LogP contribution < -0.4 is 4.90 Å². The van der Waals surface area contributed by atoms with Crippen molar-refractivity contribution in [3.8, 4) is 0 Å². The van der Waals surface area contributed by atoms with Crippen LogP contribution in [-0.4, -0.2) is 23.7 Å². The van der Waals surface area contributed by atoms with Gasteiger partial charge in [-0.2, -0.15) is 0 Å². The first kappa shape index (κ1) is 11.3. The van der Waals surface area contributed by atoms with E-state index in [2.05, 4.69) is 17.1 Å². The molecule has 1 N–H and O–H groups in total. The molecule has 1 aromatic carbocycles. The lowest BCUT2D eigenvalue weighted by molar-refractivity contribution is -0.138. The third-order valence-electron chi connectivity index (χ3n) is 3.93. The molecule has 3 heteroatoms. The Kier molecular flexibility index (Phi) is 2.82. The summed E-state index contributed by atoms with van der Waals surface area (Å²) in [6.07, 6.45) is 7.90. The zero-order valence-electron chi connectivity index (χ0n) is 10.2. The highest BCUT2D eigenvalue weighted by Gasteiger charge is 2.35. The number of allylic oxidation sites excluding steroid dienone is 1. The molecular formula is C15H17NO2. The third-order valence-corrected chi connectivity index (χ3v) is 3.93. The van der Waals surface area contributed by atoms with Crippen LogP contribution in [0.3, 0.4) is 0 Å². The van der Waals surface area contributed by atoms with Crippen molar-refractivity contribution in [2.24, 2.45) is 0 Å². The van der Waals surface area contributed by atoms with Crippen LogP contribution in [0.25, 0.3) is 0 Å². The largest absolute Gasteiger partial charge is 0.481 e. The van der Waals surface area contributed by atoms with Crippen molar-refractivity contribution < 1.29 is 9.90 Å². The van der Waals surface area contributed by atoms with E-state index in [4.69, 9.17) is 0 Å². The lowest BCUT2D eigenvalue weighted by Gasteiger charge is -2.30. The van der Waals surface area contributed by atoms with E-state index in [1.54, 1.807) is 0 Å². The average molecular weight is 243 g/mol. The van der Waals surface area contributed by atoms with E-state index < -0.39 is 5.97 Å². The highest BCUT2D eigenvalue weighted by atomic mass is 16.4. The standard InChI is InChI=1S/C15H17NO2/c17-15(18)13-10-16(11-6-2-1-3-7-11)14-9-5-4-8-12(13)14/h2,4-6,8-9,11,13H,1,3,7,10H2,(H,17,18). The topological polar surface area (TPSA) is 40.5 Å². The van der Waals surface area contributed by atoms with E-state index in [9.17, 15) is 9.90 Å². The number of rotatable bonds is 2. The molecule has 0 radical (unpaired) electrons. The number of aliphatic carboxylic acids is 1. The van der Waals surface area contributed by atoms with Crippen molar-refractivity contribution in [3.63, 3.8) is 0 Å². The molecule has 2 unspecified atom stereocenters. The Morgan fingerprint density at radius 3 is 2.89 bits per heavy atom. The molecule has 2 aliphatic rings. The number of hydrogen-bond donors (Lipinski definition) is 1. The summed E-state index contributed by atoms with van der Waals surface area (Å²) in [4.78, 5) is 13.6. The highest BCUT2D eigenvalue weighted by molar-refractivity contribution is 5.83. The second-order valence-corrected chi connectivity index (χ2v) is 5.03. The van der Waals surface area contributed by atoms with Crippen LogP contribution in [0.2, 0.25) is 0 Å². The molecule has 3 rings (SSSR count). The van der Waals surface area contributed by atoms with E-state index in [0.29, 0.717) is 12.6 Å². The maximum atomic E-state index is 11.3. The van der Waals surface area contributed by atoms with Crippen LogP contribution in [0.1, 0.15) is 30.7 Å². The Balaban J connectivity index is 1.96. The number of para-hydroxylation sites is 1. The summed E-state index contributed by atoms with van der Waals surface area (Å²) in [5.74, 6) is -1.10. The van der Waals surface area contributed by atoms with Gasteiger partial charge in [0.25, 0.3) is 0 Å². The molecule has 2 atom stereocenters. The van der Waals surface area contributed by atoms with Crippen molar-refractivity contribution in [3.05, 3.63) is 42.0 Å². The van der Waals surface area contributed by atoms with E-state index in [1.165, 1.54) is 6.42 Å². The van der Waals surface area contributed by atoms with Gasteiger partial charge in [-0.25, -0.2) is 0 Å². The molecule has 18 heavy (non-hydrogen) atoms. The summed E-state index contributed by atoms with van der Waals surface area (Å²) >= 11 is 0. The molecule has 1 heterocycles. The fourth-order valence-corrected chi connectivity index (χ4v) is 3.02. The predicted octanol–water partition coefficient (Wildman–Crippen LogP) is 2.78. The average Bonchev–Trinajstić information content (AvgIpc) is 2.79. The van der Waals surface area contributed by atoms with Crippen molar-refractivity contribution in [2.75, 3.05) is 11.4 Å². The molecule has 0 bridgehead atoms. The maximum Gasteiger partial charge on any atom is 0.312 e. The zero-order valence-corrected chi connectivity index (χ0v) is 10.2. The molecule has 0 saturated heterocycles. The first-order valence-corrected chi connectivity index (χ1v) is 6.52. The number of fused-ring (bicyclic) bond motifs is 1. The van der Waals surface area contributed by atoms with Gasteiger partial charge in [-0.05, 0) is 30.9 Å². The molecule has 1 aliphatic heterocycles. The number of carboxylic acid groups (broad SMARTS) is 1. The zero-order chi connectivity index (χ0) is 12.5. The van der Waals surface area contributed by atoms with E-state index in [1.807, 2.05) is 24.3 Å². The smallest absolute Gasteiger partial charge is 0.312 e. The number of carbonyl (C=O) groups is 1. The SMILES string of the molecule is O=C(O)C1CN(C2C=CCCC2)c2ccccc21. The summed E-state index contributed by atoms with van der Waals surface area (Å²) in [5.41, 5.74) is 2.06. The second kappa shape index (κ2) is 4.48. The minimum Gasteiger partial charge on any atom is -0.481 e. The van der Waals surface area contributed by atoms with E-state index in [-0.39, 0.29) is 5.92 Å². The molecule has 1 aromatic rings. The normalized spacial score (nSPS) is 26.1. The first-order valence-electron chi connectivity index (χ1n) is 6.52. The van der Waals surface area contributed by atoms with Gasteiger partial charge in [0.1, 0.15) is 5.92 Å². The minimum absolute atomic E-state index is 0.365. The van der Waals surface area contributed by atoms with Gasteiger partial charge in [0.05, 0.1) is 0 Å². The van der Waals surface area contributed by atoms with Gasteiger partial charge in [-0.15, -0.1) is 0 Å². The van der Waals surface area contributed by atoms with Gasteiger partial charge < -0.3 is 10.0 Å². The molecule has 3 nitrogen and oxygen atoms in total. The van der Waals surface area contributed by atoms with Gasteiger partial charge in [-0.1, -0.05) is 30.4 Å². The molecular weight excluding hydrogens is 226 g/mol. The number of carboxylic acids is 1. The number of benzene rings is 1. The van der Waals surface area contributed by atoms with Gasteiger partial charge in [-0.3, -0.25) is 4.79 Å². The van der Waals surface area contributed by atoms with Gasteiger partial charge in [0, 0.05) is 18.3 Å². The maximum absolute atomic E-state index is 11.3. The van der Waals surface area contributed by atoms with Crippen LogP contribution in [0.15, 0.2) is 36.4 Å². The second-order valence-electron chi connectivity index (χ2n) is 5.03. The molecule has 0 aromatic heterocycles. The Bertz CT molecular complexity index is 495. The summed E-state index contributed by atoms with van der Waals surface area (Å²) in [6, 6.07) is 8.27. The predicted molar refractivity (Wildman–Crippen MR) is 70.9 cm³/mol. The fourth-order valence-electron chi connectivity index (χ4n) is 3.02. The number of hydrogen-bond acceptors (Lipinski definition) is 2. The summed E-state index contributed by atoms with van der Waals surface area (Å²) < 4.78 is 0. The van der Waals surface area contributed by atoms with Crippen LogP contribution in [-0.2, 0) is 4.79 Å². The van der Waals surface area contributed by atoms with Gasteiger partial charge >= 0.3 is 5.97 Å².